The first-order valence-electron chi connectivity index (χ1n) is 33.5. The Morgan fingerprint density at radius 2 is 0.727 bits per heavy atom. The molecule has 9 heteroatoms. The van der Waals surface area contributed by atoms with Crippen LogP contribution in [0.2, 0.25) is 0 Å². The minimum absolute atomic E-state index is 0.113. The molecular weight excluding hydrogens is 1210 g/mol. The third kappa shape index (κ3) is 10.4. The molecule has 5 heterocycles. The fourth-order valence-electron chi connectivity index (χ4n) is 14.3. The summed E-state index contributed by atoms with van der Waals surface area (Å²) in [7, 11) is 0. The van der Waals surface area contributed by atoms with E-state index in [-0.39, 0.29) is 11.1 Å². The summed E-state index contributed by atoms with van der Waals surface area (Å²) in [5.74, 6) is 1.17. The number of nitrogens with zero attached hydrogens (tertiary/aromatic N) is 6. The van der Waals surface area contributed by atoms with Crippen LogP contribution in [-0.2, 0) is 0 Å². The van der Waals surface area contributed by atoms with Crippen molar-refractivity contribution in [3.8, 4) is 78.9 Å². The molecule has 0 spiro atoms. The minimum atomic E-state index is -0.116. The predicted molar refractivity (Wildman–Crippen MR) is 409 cm³/mol. The van der Waals surface area contributed by atoms with E-state index in [1.54, 1.807) is 9.13 Å². The molecule has 0 atom stereocenters. The Bertz CT molecular complexity index is 6430. The summed E-state index contributed by atoms with van der Waals surface area (Å²) in [6.45, 7) is 4.00. The summed E-state index contributed by atoms with van der Waals surface area (Å²) >= 11 is 0. The van der Waals surface area contributed by atoms with Crippen LogP contribution < -0.4 is 11.1 Å². The van der Waals surface area contributed by atoms with E-state index in [0.29, 0.717) is 33.5 Å². The van der Waals surface area contributed by atoms with Gasteiger partial charge in [-0.15, -0.1) is 0 Å². The van der Waals surface area contributed by atoms with Crippen molar-refractivity contribution in [1.29, 1.82) is 0 Å². The lowest BCUT2D eigenvalue weighted by Gasteiger charge is -2.16. The van der Waals surface area contributed by atoms with Gasteiger partial charge in [-0.1, -0.05) is 238 Å². The van der Waals surface area contributed by atoms with E-state index in [9.17, 15) is 9.59 Å². The fourth-order valence-corrected chi connectivity index (χ4v) is 14.3. The third-order valence-corrected chi connectivity index (χ3v) is 18.7. The SMILES string of the molecule is CC.O=c1c2ccc(-c3ccc4c(c3)c3ccccc3n4-c3ccccc3)cc2nc(-c2cccc(-c3ccccc3)c2)n1-c1cccc(-c2ccccc2)c1.O=c1c2ccccc2nc(-c2cccc3oc4ccccc4c23)n1-c1cccc2c1c1ccccc1n2-c1ccccc1. The van der Waals surface area contributed by atoms with Crippen LogP contribution in [0.4, 0.5) is 0 Å². The Labute approximate surface area is 569 Å². The lowest BCUT2D eigenvalue weighted by Crippen LogP contribution is -2.22. The summed E-state index contributed by atoms with van der Waals surface area (Å²) in [4.78, 5) is 39.9. The lowest BCUT2D eigenvalue weighted by molar-refractivity contribution is 0.669. The van der Waals surface area contributed by atoms with Crippen LogP contribution in [0.1, 0.15) is 13.8 Å². The number of hydrogen-bond acceptors (Lipinski definition) is 5. The van der Waals surface area contributed by atoms with E-state index in [1.807, 2.05) is 184 Å². The number of furan rings is 1. The molecule has 0 aliphatic rings. The van der Waals surface area contributed by atoms with Crippen molar-refractivity contribution in [3.05, 3.63) is 360 Å². The fraction of sp³-hybridized carbons (Fsp3) is 0.0222. The summed E-state index contributed by atoms with van der Waals surface area (Å²) < 4.78 is 14.4. The predicted octanol–water partition coefficient (Wildman–Crippen LogP) is 22.2. The van der Waals surface area contributed by atoms with Crippen molar-refractivity contribution in [2.24, 2.45) is 0 Å². The van der Waals surface area contributed by atoms with Crippen molar-refractivity contribution in [3.63, 3.8) is 0 Å². The highest BCUT2D eigenvalue weighted by Gasteiger charge is 2.24. The molecule has 0 saturated carbocycles. The number of aromatic nitrogens is 6. The van der Waals surface area contributed by atoms with Gasteiger partial charge in [0, 0.05) is 54.8 Å². The van der Waals surface area contributed by atoms with Gasteiger partial charge >= 0.3 is 0 Å². The van der Waals surface area contributed by atoms with Gasteiger partial charge in [0.05, 0.1) is 55.2 Å². The molecule has 0 unspecified atom stereocenters. The molecule has 0 saturated heterocycles. The van der Waals surface area contributed by atoms with E-state index < -0.39 is 0 Å². The quantitative estimate of drug-likeness (QED) is 0.144. The van der Waals surface area contributed by atoms with Gasteiger partial charge in [-0.2, -0.15) is 0 Å². The number of rotatable bonds is 9. The Hall–Kier alpha value is -13.2. The van der Waals surface area contributed by atoms with E-state index in [4.69, 9.17) is 14.4 Å². The Balaban J connectivity index is 0.000000148. The van der Waals surface area contributed by atoms with Crippen LogP contribution in [0, 0.1) is 0 Å². The first kappa shape index (κ1) is 59.5. The van der Waals surface area contributed by atoms with Crippen LogP contribution in [-0.4, -0.2) is 28.2 Å². The maximum absolute atomic E-state index is 14.8. The maximum atomic E-state index is 14.8. The van der Waals surface area contributed by atoms with E-state index in [0.717, 1.165) is 122 Å². The van der Waals surface area contributed by atoms with Crippen molar-refractivity contribution >= 4 is 87.4 Å². The molecule has 14 aromatic carbocycles. The summed E-state index contributed by atoms with van der Waals surface area (Å²) in [5, 5.41) is 7.48. The summed E-state index contributed by atoms with van der Waals surface area (Å²) in [6.07, 6.45) is 0. The highest BCUT2D eigenvalue weighted by atomic mass is 16.3. The van der Waals surface area contributed by atoms with Crippen molar-refractivity contribution in [2.45, 2.75) is 13.8 Å². The molecule has 0 N–H and O–H groups in total. The highest BCUT2D eigenvalue weighted by molar-refractivity contribution is 6.15. The van der Waals surface area contributed by atoms with E-state index in [2.05, 4.69) is 179 Å². The zero-order valence-corrected chi connectivity index (χ0v) is 54.2. The van der Waals surface area contributed by atoms with Gasteiger partial charge < -0.3 is 13.6 Å². The zero-order valence-electron chi connectivity index (χ0n) is 54.2. The van der Waals surface area contributed by atoms with Crippen LogP contribution in [0.15, 0.2) is 354 Å². The second-order valence-electron chi connectivity index (χ2n) is 24.3. The van der Waals surface area contributed by atoms with Gasteiger partial charge in [-0.05, 0) is 149 Å². The molecule has 0 radical (unpaired) electrons. The molecule has 0 aliphatic carbocycles. The summed E-state index contributed by atoms with van der Waals surface area (Å²) in [5.41, 5.74) is 18.8. The molecular formula is C90H62N6O3. The molecule has 0 aliphatic heterocycles. The average Bonchev–Trinajstić information content (AvgIpc) is 1.65. The summed E-state index contributed by atoms with van der Waals surface area (Å²) in [6, 6.07) is 115. The molecule has 0 amide bonds. The number of benzene rings is 14. The van der Waals surface area contributed by atoms with Crippen LogP contribution >= 0.6 is 0 Å². The Morgan fingerprint density at radius 3 is 1.45 bits per heavy atom. The number of para-hydroxylation sites is 6. The smallest absolute Gasteiger partial charge is 0.266 e. The first-order chi connectivity index (χ1) is 49.0. The molecule has 19 aromatic rings. The molecule has 0 fully saturated rings. The van der Waals surface area contributed by atoms with E-state index in [1.165, 1.54) is 10.8 Å². The van der Waals surface area contributed by atoms with Gasteiger partial charge in [0.25, 0.3) is 11.1 Å². The number of hydrogen-bond donors (Lipinski definition) is 0. The molecule has 9 nitrogen and oxygen atoms in total. The second kappa shape index (κ2) is 25.2. The number of fused-ring (bicyclic) bond motifs is 11. The Kier molecular flexibility index (Phi) is 15.1. The van der Waals surface area contributed by atoms with Gasteiger partial charge in [-0.25, -0.2) is 9.97 Å². The molecule has 99 heavy (non-hydrogen) atoms. The van der Waals surface area contributed by atoms with Crippen molar-refractivity contribution < 1.29 is 4.42 Å². The van der Waals surface area contributed by atoms with Crippen molar-refractivity contribution in [1.82, 2.24) is 28.2 Å². The highest BCUT2D eigenvalue weighted by Crippen LogP contribution is 2.42. The monoisotopic (exact) mass is 1270 g/mol. The molecule has 5 aromatic heterocycles. The minimum Gasteiger partial charge on any atom is -0.456 e. The average molecular weight is 1280 g/mol. The van der Waals surface area contributed by atoms with Crippen LogP contribution in [0.5, 0.6) is 0 Å². The largest absolute Gasteiger partial charge is 0.456 e. The Morgan fingerprint density at radius 1 is 0.263 bits per heavy atom. The standard InChI is InChI=1S/C50H33N3O.C38H23N3O2.C2H6/c54-50-44-28-26-39(38-27-29-48-45(32-38)43-24-10-11-25-47(43)52(48)41-21-8-3-9-22-41)33-46(44)51-49(40-20-12-18-36(30-40)34-14-4-1-5-15-34)53(50)42-23-13-19-37(31-42)35-16-6-2-7-17-35;42-38-25-14-4-7-18-29(25)39-37(28-17-10-23-34-35(28)27-16-6-9-22-33(27)43-34)41(38)32-21-11-20-31-36(32)26-15-5-8-19-30(26)40(31)24-12-2-1-3-13-24;1-2/h1-33H;1-23H;1-2H3. The lowest BCUT2D eigenvalue weighted by atomic mass is 10.0. The van der Waals surface area contributed by atoms with Gasteiger partial charge in [-0.3, -0.25) is 18.7 Å². The molecule has 0 bridgehead atoms. The van der Waals surface area contributed by atoms with Gasteiger partial charge in [0.2, 0.25) is 0 Å². The zero-order chi connectivity index (χ0) is 66.5. The maximum Gasteiger partial charge on any atom is 0.266 e. The second-order valence-corrected chi connectivity index (χ2v) is 24.3. The first-order valence-corrected chi connectivity index (χ1v) is 33.5. The topological polar surface area (TPSA) is 92.8 Å². The van der Waals surface area contributed by atoms with Gasteiger partial charge in [0.1, 0.15) is 22.8 Å². The third-order valence-electron chi connectivity index (χ3n) is 18.7. The normalized spacial score (nSPS) is 11.4. The van der Waals surface area contributed by atoms with Crippen LogP contribution in [0.25, 0.3) is 166 Å². The molecule has 19 rings (SSSR count). The van der Waals surface area contributed by atoms with Crippen LogP contribution in [0.3, 0.4) is 0 Å². The van der Waals surface area contributed by atoms with Gasteiger partial charge in [0.15, 0.2) is 0 Å². The molecule has 470 valence electrons. The van der Waals surface area contributed by atoms with Crippen molar-refractivity contribution in [2.75, 3.05) is 0 Å². The van der Waals surface area contributed by atoms with E-state index >= 15 is 0 Å².